The molecule has 3 rings (SSSR count). The van der Waals surface area contributed by atoms with E-state index in [-0.39, 0.29) is 11.8 Å². The largest absolute Gasteiger partial charge is 0.502 e. The summed E-state index contributed by atoms with van der Waals surface area (Å²) in [7, 11) is 3.07. The van der Waals surface area contributed by atoms with Gasteiger partial charge in [0, 0.05) is 12.6 Å². The maximum atomic E-state index is 10.0. The lowest BCUT2D eigenvalue weighted by Gasteiger charge is -2.23. The highest BCUT2D eigenvalue weighted by Gasteiger charge is 2.28. The van der Waals surface area contributed by atoms with Crippen LogP contribution in [0.15, 0.2) is 22.7 Å². The van der Waals surface area contributed by atoms with Crippen molar-refractivity contribution in [2.75, 3.05) is 20.8 Å². The molecule has 1 N–H and O–H groups in total. The second-order valence-corrected chi connectivity index (χ2v) is 5.84. The van der Waals surface area contributed by atoms with Crippen LogP contribution >= 0.6 is 0 Å². The number of aromatic hydroxyl groups is 1. The quantitative estimate of drug-likeness (QED) is 0.914. The number of benzene rings is 1. The zero-order valence-electron chi connectivity index (χ0n) is 13.7. The van der Waals surface area contributed by atoms with Gasteiger partial charge in [-0.2, -0.15) is 0 Å². The Hall–Kier alpha value is -2.21. The van der Waals surface area contributed by atoms with Gasteiger partial charge in [0.1, 0.15) is 11.5 Å². The third-order valence-corrected chi connectivity index (χ3v) is 4.28. The van der Waals surface area contributed by atoms with Crippen LogP contribution in [0.4, 0.5) is 0 Å². The number of likely N-dealkylation sites (tertiary alicyclic amines) is 1. The van der Waals surface area contributed by atoms with Crippen molar-refractivity contribution in [3.63, 3.8) is 0 Å². The van der Waals surface area contributed by atoms with Gasteiger partial charge in [-0.25, -0.2) is 0 Å². The van der Waals surface area contributed by atoms with Gasteiger partial charge >= 0.3 is 0 Å². The van der Waals surface area contributed by atoms with E-state index in [1.807, 2.05) is 25.1 Å². The van der Waals surface area contributed by atoms with Crippen LogP contribution in [0.2, 0.25) is 0 Å². The van der Waals surface area contributed by atoms with E-state index >= 15 is 0 Å². The van der Waals surface area contributed by atoms with Crippen molar-refractivity contribution < 1.29 is 19.1 Å². The summed E-state index contributed by atoms with van der Waals surface area (Å²) in [5.41, 5.74) is 2.02. The number of phenolic OH excluding ortho intramolecular Hbond substituents is 1. The minimum atomic E-state index is 0.0313. The van der Waals surface area contributed by atoms with Crippen molar-refractivity contribution in [3.8, 4) is 17.2 Å². The Labute approximate surface area is 135 Å². The van der Waals surface area contributed by atoms with Gasteiger partial charge in [0.2, 0.25) is 5.75 Å². The Kier molecular flexibility index (Phi) is 4.43. The lowest BCUT2D eigenvalue weighted by atomic mass is 10.1. The third kappa shape index (κ3) is 3.12. The first-order chi connectivity index (χ1) is 11.1. The topological polar surface area (TPSA) is 68.0 Å². The van der Waals surface area contributed by atoms with E-state index in [4.69, 9.17) is 14.0 Å². The molecule has 0 spiro atoms. The summed E-state index contributed by atoms with van der Waals surface area (Å²) in [6.45, 7) is 3.65. The molecule has 6 heteroatoms. The van der Waals surface area contributed by atoms with Gasteiger partial charge in [0.05, 0.1) is 20.3 Å². The number of aryl methyl sites for hydroxylation is 1. The van der Waals surface area contributed by atoms with Crippen LogP contribution in [0.25, 0.3) is 0 Å². The molecule has 124 valence electrons. The van der Waals surface area contributed by atoms with Crippen molar-refractivity contribution in [2.45, 2.75) is 32.4 Å². The lowest BCUT2D eigenvalue weighted by Crippen LogP contribution is -2.23. The van der Waals surface area contributed by atoms with Crippen LogP contribution in [0.3, 0.4) is 0 Å². The number of rotatable bonds is 5. The van der Waals surface area contributed by atoms with Gasteiger partial charge in [-0.1, -0.05) is 5.16 Å². The normalized spacial score (nSPS) is 18.3. The second-order valence-electron chi connectivity index (χ2n) is 5.84. The van der Waals surface area contributed by atoms with Gasteiger partial charge in [0.25, 0.3) is 0 Å². The molecule has 1 fully saturated rings. The first-order valence-electron chi connectivity index (χ1n) is 7.73. The summed E-state index contributed by atoms with van der Waals surface area (Å²) in [6.07, 6.45) is 2.20. The highest BCUT2D eigenvalue weighted by Crippen LogP contribution is 2.39. The zero-order chi connectivity index (χ0) is 16.4. The molecule has 1 saturated heterocycles. The van der Waals surface area contributed by atoms with E-state index in [0.29, 0.717) is 11.5 Å². The van der Waals surface area contributed by atoms with E-state index < -0.39 is 0 Å². The summed E-state index contributed by atoms with van der Waals surface area (Å²) >= 11 is 0. The Morgan fingerprint density at radius 3 is 2.52 bits per heavy atom. The monoisotopic (exact) mass is 318 g/mol. The standard InChI is InChI=1S/C17H22N2O4/c1-11-7-13(18-23-11)14-5-4-6-19(14)10-12-8-15(21-2)17(20)16(9-12)22-3/h7-9,14,20H,4-6,10H2,1-3H3/t14-/m0/s1. The molecular formula is C17H22N2O4. The smallest absolute Gasteiger partial charge is 0.200 e. The summed E-state index contributed by atoms with van der Waals surface area (Å²) < 4.78 is 15.7. The summed E-state index contributed by atoms with van der Waals surface area (Å²) in [4.78, 5) is 2.36. The Bertz CT molecular complexity index is 658. The maximum absolute atomic E-state index is 10.0. The Morgan fingerprint density at radius 2 is 1.96 bits per heavy atom. The van der Waals surface area contributed by atoms with E-state index in [9.17, 15) is 5.11 Å². The third-order valence-electron chi connectivity index (χ3n) is 4.28. The first-order valence-corrected chi connectivity index (χ1v) is 7.73. The van der Waals surface area contributed by atoms with Crippen molar-refractivity contribution in [1.82, 2.24) is 10.1 Å². The van der Waals surface area contributed by atoms with Gasteiger partial charge < -0.3 is 19.1 Å². The average molecular weight is 318 g/mol. The lowest BCUT2D eigenvalue weighted by molar-refractivity contribution is 0.235. The molecule has 1 aromatic heterocycles. The minimum Gasteiger partial charge on any atom is -0.502 e. The van der Waals surface area contributed by atoms with Gasteiger partial charge in [-0.3, -0.25) is 4.90 Å². The molecule has 0 bridgehead atoms. The van der Waals surface area contributed by atoms with Crippen LogP contribution in [-0.4, -0.2) is 35.9 Å². The fourth-order valence-corrected chi connectivity index (χ4v) is 3.17. The molecule has 2 aromatic rings. The first kappa shape index (κ1) is 15.7. The van der Waals surface area contributed by atoms with Crippen LogP contribution in [0.1, 0.15) is 35.9 Å². The molecule has 0 saturated carbocycles. The minimum absolute atomic E-state index is 0.0313. The van der Waals surface area contributed by atoms with Crippen LogP contribution in [0.5, 0.6) is 17.2 Å². The number of nitrogens with zero attached hydrogens (tertiary/aromatic N) is 2. The molecule has 0 amide bonds. The number of hydrogen-bond donors (Lipinski definition) is 1. The summed E-state index contributed by atoms with van der Waals surface area (Å²) in [6, 6.07) is 5.96. The Balaban J connectivity index is 1.83. The fraction of sp³-hybridized carbons (Fsp3) is 0.471. The number of aromatic nitrogens is 1. The molecule has 1 aliphatic heterocycles. The van der Waals surface area contributed by atoms with E-state index in [1.165, 1.54) is 14.2 Å². The highest BCUT2D eigenvalue weighted by atomic mass is 16.5. The van der Waals surface area contributed by atoms with Crippen molar-refractivity contribution in [3.05, 3.63) is 35.2 Å². The molecular weight excluding hydrogens is 296 g/mol. The van der Waals surface area contributed by atoms with E-state index in [2.05, 4.69) is 10.1 Å². The predicted octanol–water partition coefficient (Wildman–Crippen LogP) is 3.04. The molecule has 0 unspecified atom stereocenters. The molecule has 0 aliphatic carbocycles. The zero-order valence-corrected chi connectivity index (χ0v) is 13.7. The number of hydrogen-bond acceptors (Lipinski definition) is 6. The van der Waals surface area contributed by atoms with Crippen molar-refractivity contribution >= 4 is 0 Å². The van der Waals surface area contributed by atoms with Crippen LogP contribution in [-0.2, 0) is 6.54 Å². The molecule has 6 nitrogen and oxygen atoms in total. The van der Waals surface area contributed by atoms with Crippen molar-refractivity contribution in [2.24, 2.45) is 0 Å². The average Bonchev–Trinajstić information content (AvgIpc) is 3.17. The molecule has 23 heavy (non-hydrogen) atoms. The van der Waals surface area contributed by atoms with Crippen LogP contribution < -0.4 is 9.47 Å². The summed E-state index contributed by atoms with van der Waals surface area (Å²) in [5.74, 6) is 1.71. The highest BCUT2D eigenvalue weighted by molar-refractivity contribution is 5.52. The van der Waals surface area contributed by atoms with E-state index in [1.54, 1.807) is 0 Å². The molecule has 1 aliphatic rings. The number of ether oxygens (including phenoxy) is 2. The number of phenols is 1. The summed E-state index contributed by atoms with van der Waals surface area (Å²) in [5, 5.41) is 14.2. The van der Waals surface area contributed by atoms with Gasteiger partial charge in [-0.05, 0) is 44.0 Å². The molecule has 2 heterocycles. The van der Waals surface area contributed by atoms with Crippen LogP contribution in [0, 0.1) is 6.92 Å². The van der Waals surface area contributed by atoms with Gasteiger partial charge in [-0.15, -0.1) is 0 Å². The predicted molar refractivity (Wildman–Crippen MR) is 84.8 cm³/mol. The molecule has 0 radical (unpaired) electrons. The molecule has 1 aromatic carbocycles. The number of methoxy groups -OCH3 is 2. The second kappa shape index (κ2) is 6.50. The maximum Gasteiger partial charge on any atom is 0.200 e. The Morgan fingerprint density at radius 1 is 1.26 bits per heavy atom. The molecule has 1 atom stereocenters. The van der Waals surface area contributed by atoms with Gasteiger partial charge in [0.15, 0.2) is 11.5 Å². The van der Waals surface area contributed by atoms with E-state index in [0.717, 1.165) is 42.9 Å². The van der Waals surface area contributed by atoms with Crippen molar-refractivity contribution in [1.29, 1.82) is 0 Å². The fourth-order valence-electron chi connectivity index (χ4n) is 3.17. The SMILES string of the molecule is COc1cc(CN2CCC[C@H]2c2cc(C)on2)cc(OC)c1O.